The summed E-state index contributed by atoms with van der Waals surface area (Å²) in [7, 11) is 0. The molecule has 0 saturated carbocycles. The number of aromatic nitrogens is 1. The van der Waals surface area contributed by atoms with Crippen molar-refractivity contribution in [3.05, 3.63) is 129 Å². The number of amides is 1. The fourth-order valence-electron chi connectivity index (χ4n) is 5.29. The fraction of sp³-hybridized carbons (Fsp3) is 0.103. The summed E-state index contributed by atoms with van der Waals surface area (Å²) in [4.78, 5) is 24.3. The molecule has 4 heterocycles. The minimum absolute atomic E-state index is 0.0207. The molecule has 39 heavy (non-hydrogen) atoms. The van der Waals surface area contributed by atoms with Gasteiger partial charge in [-0.15, -0.1) is 0 Å². The number of fused-ring (bicyclic) bond motifs is 4. The lowest BCUT2D eigenvalue weighted by Gasteiger charge is -2.45. The molecule has 3 aromatic carbocycles. The normalized spacial score (nSPS) is 22.3. The first-order valence-corrected chi connectivity index (χ1v) is 13.2. The second-order valence-corrected chi connectivity index (χ2v) is 10.4. The molecule has 10 heteroatoms. The highest BCUT2D eigenvalue weighted by atomic mass is 32.2. The first kappa shape index (κ1) is 23.3. The van der Waals surface area contributed by atoms with E-state index in [9.17, 15) is 14.9 Å². The second kappa shape index (κ2) is 8.88. The van der Waals surface area contributed by atoms with Gasteiger partial charge in [0.1, 0.15) is 5.75 Å². The molecule has 192 valence electrons. The fourth-order valence-corrected chi connectivity index (χ4v) is 6.18. The first-order chi connectivity index (χ1) is 19.0. The summed E-state index contributed by atoms with van der Waals surface area (Å²) in [5.74, 6) is -0.621. The molecule has 2 unspecified atom stereocenters. The molecule has 1 N–H and O–H groups in total. The Morgan fingerprint density at radius 2 is 1.79 bits per heavy atom. The van der Waals surface area contributed by atoms with Crippen LogP contribution in [0.4, 0.5) is 10.5 Å². The number of hydrazone groups is 1. The van der Waals surface area contributed by atoms with E-state index in [2.05, 4.69) is 5.32 Å². The average Bonchev–Trinajstić information content (AvgIpc) is 3.68. The number of ether oxygens (including phenoxy) is 1. The van der Waals surface area contributed by atoms with E-state index >= 15 is 0 Å². The van der Waals surface area contributed by atoms with Crippen LogP contribution in [0, 0.1) is 10.1 Å². The minimum atomic E-state index is -1.32. The molecule has 2 atom stereocenters. The third-order valence-electron chi connectivity index (χ3n) is 7.08. The molecule has 0 aliphatic carbocycles. The maximum atomic E-state index is 12.9. The van der Waals surface area contributed by atoms with Crippen LogP contribution in [0.25, 0.3) is 11.8 Å². The zero-order valence-corrected chi connectivity index (χ0v) is 21.2. The zero-order valence-electron chi connectivity index (χ0n) is 20.4. The Kier molecular flexibility index (Phi) is 5.31. The summed E-state index contributed by atoms with van der Waals surface area (Å²) >= 11 is 1.07. The van der Waals surface area contributed by atoms with E-state index in [-0.39, 0.29) is 17.0 Å². The predicted octanol–water partition coefficient (Wildman–Crippen LogP) is 6.08. The van der Waals surface area contributed by atoms with Gasteiger partial charge in [-0.1, -0.05) is 48.5 Å². The number of nitrogens with zero attached hydrogens (tertiary/aromatic N) is 4. The molecule has 3 aliphatic heterocycles. The Hall–Kier alpha value is -4.83. The Morgan fingerprint density at radius 1 is 1.03 bits per heavy atom. The Labute approximate surface area is 227 Å². The summed E-state index contributed by atoms with van der Waals surface area (Å²) < 4.78 is 8.52. The molecule has 1 amide bonds. The summed E-state index contributed by atoms with van der Waals surface area (Å²) in [6.45, 7) is 0. The van der Waals surface area contributed by atoms with Crippen LogP contribution in [-0.2, 0) is 0 Å². The maximum absolute atomic E-state index is 12.9. The summed E-state index contributed by atoms with van der Waals surface area (Å²) in [5.41, 5.74) is 4.51. The van der Waals surface area contributed by atoms with Gasteiger partial charge in [-0.2, -0.15) is 5.10 Å². The number of para-hydroxylation sites is 1. The molecule has 1 spiro atoms. The van der Waals surface area contributed by atoms with Crippen molar-refractivity contribution >= 4 is 34.5 Å². The van der Waals surface area contributed by atoms with E-state index in [1.165, 1.54) is 12.1 Å². The van der Waals surface area contributed by atoms with Crippen LogP contribution in [0.2, 0.25) is 0 Å². The second-order valence-electron chi connectivity index (χ2n) is 9.36. The van der Waals surface area contributed by atoms with Crippen molar-refractivity contribution in [3.63, 3.8) is 0 Å². The molecule has 7 rings (SSSR count). The number of non-ortho nitro benzene ring substituents is 1. The van der Waals surface area contributed by atoms with Gasteiger partial charge in [0, 0.05) is 41.7 Å². The van der Waals surface area contributed by atoms with Gasteiger partial charge in [-0.3, -0.25) is 20.2 Å². The van der Waals surface area contributed by atoms with Crippen LogP contribution in [0.3, 0.4) is 0 Å². The smallest absolute Gasteiger partial charge is 0.314 e. The van der Waals surface area contributed by atoms with Gasteiger partial charge in [-0.05, 0) is 53.7 Å². The van der Waals surface area contributed by atoms with Crippen molar-refractivity contribution < 1.29 is 14.5 Å². The lowest BCUT2D eigenvalue weighted by atomic mass is 9.96. The van der Waals surface area contributed by atoms with Crippen LogP contribution in [0.5, 0.6) is 5.75 Å². The molecule has 3 aliphatic rings. The summed E-state index contributed by atoms with van der Waals surface area (Å²) in [6, 6.07) is 27.9. The number of nitro benzene ring substituents is 1. The lowest BCUT2D eigenvalue weighted by molar-refractivity contribution is -0.384. The van der Waals surface area contributed by atoms with Crippen molar-refractivity contribution in [2.75, 3.05) is 0 Å². The lowest BCUT2D eigenvalue weighted by Crippen LogP contribution is -2.61. The highest BCUT2D eigenvalue weighted by Crippen LogP contribution is 2.52. The van der Waals surface area contributed by atoms with Gasteiger partial charge in [0.15, 0.2) is 0 Å². The van der Waals surface area contributed by atoms with E-state index in [1.54, 1.807) is 12.1 Å². The van der Waals surface area contributed by atoms with E-state index in [0.29, 0.717) is 17.1 Å². The van der Waals surface area contributed by atoms with Gasteiger partial charge in [0.2, 0.25) is 0 Å². The van der Waals surface area contributed by atoms with Crippen LogP contribution in [0.15, 0.2) is 107 Å². The van der Waals surface area contributed by atoms with Gasteiger partial charge >= 0.3 is 5.85 Å². The predicted molar refractivity (Wildman–Crippen MR) is 149 cm³/mol. The standard InChI is InChI=1S/C29H21N5O4S/c35-28-30-29(27(39-28)17-22-9-6-16-32(22)20-12-14-21(15-13-20)34(36)37)33-25(23-10-4-5-11-26(23)38-29)18-24(31-33)19-7-2-1-3-8-19/h1-17,25H,18H2,(H,30,35). The first-order valence-electron chi connectivity index (χ1n) is 12.4. The number of benzene rings is 3. The number of carbonyl (C=O) groups is 1. The van der Waals surface area contributed by atoms with Crippen LogP contribution >= 0.6 is 11.8 Å². The molecule has 4 aromatic rings. The third kappa shape index (κ3) is 3.79. The van der Waals surface area contributed by atoms with Crippen molar-refractivity contribution in [1.29, 1.82) is 0 Å². The van der Waals surface area contributed by atoms with Gasteiger partial charge in [0.25, 0.3) is 10.9 Å². The number of nitro groups is 1. The average molecular weight is 536 g/mol. The topological polar surface area (TPSA) is 102 Å². The van der Waals surface area contributed by atoms with Crippen molar-refractivity contribution in [2.45, 2.75) is 18.3 Å². The van der Waals surface area contributed by atoms with Crippen LogP contribution in [-0.4, -0.2) is 31.3 Å². The molecule has 1 fully saturated rings. The van der Waals surface area contributed by atoms with Gasteiger partial charge < -0.3 is 9.30 Å². The monoisotopic (exact) mass is 535 g/mol. The number of hydrogen-bond donors (Lipinski definition) is 1. The van der Waals surface area contributed by atoms with E-state index < -0.39 is 10.8 Å². The van der Waals surface area contributed by atoms with E-state index in [4.69, 9.17) is 9.84 Å². The molecule has 0 radical (unpaired) electrons. The Balaban J connectivity index is 1.34. The molecule has 0 bridgehead atoms. The quantitative estimate of drug-likeness (QED) is 0.251. The third-order valence-corrected chi connectivity index (χ3v) is 7.98. The van der Waals surface area contributed by atoms with E-state index in [1.807, 2.05) is 88.6 Å². The van der Waals surface area contributed by atoms with Crippen molar-refractivity contribution in [2.24, 2.45) is 5.10 Å². The molecule has 9 nitrogen and oxygen atoms in total. The van der Waals surface area contributed by atoms with Crippen molar-refractivity contribution in [1.82, 2.24) is 14.9 Å². The SMILES string of the molecule is O=C1NC2(Oc3ccccc3C3CC(c4ccccc4)=NN32)C(=Cc2cccn2-c2ccc([N+](=O)[O-])cc2)S1. The van der Waals surface area contributed by atoms with Crippen LogP contribution < -0.4 is 10.1 Å². The maximum Gasteiger partial charge on any atom is 0.314 e. The van der Waals surface area contributed by atoms with E-state index in [0.717, 1.165) is 40.0 Å². The molecular formula is C29H21N5O4S. The number of nitrogens with one attached hydrogen (secondary N) is 1. The molecule has 1 saturated heterocycles. The van der Waals surface area contributed by atoms with Crippen LogP contribution in [0.1, 0.15) is 29.3 Å². The Morgan fingerprint density at radius 3 is 2.59 bits per heavy atom. The zero-order chi connectivity index (χ0) is 26.6. The minimum Gasteiger partial charge on any atom is -0.444 e. The summed E-state index contributed by atoms with van der Waals surface area (Å²) in [5, 5.41) is 20.8. The number of thioether (sulfide) groups is 1. The van der Waals surface area contributed by atoms with Gasteiger partial charge in [0.05, 0.1) is 21.6 Å². The molecular weight excluding hydrogens is 514 g/mol. The van der Waals surface area contributed by atoms with Crippen molar-refractivity contribution in [3.8, 4) is 11.4 Å². The Bertz CT molecular complexity index is 1680. The molecule has 1 aromatic heterocycles. The van der Waals surface area contributed by atoms with Gasteiger partial charge in [-0.25, -0.2) is 5.01 Å². The number of rotatable bonds is 4. The highest BCUT2D eigenvalue weighted by Gasteiger charge is 2.58. The number of hydrogen-bond acceptors (Lipinski definition) is 7. The largest absolute Gasteiger partial charge is 0.444 e. The number of carbonyl (C=O) groups excluding carboxylic acids is 1. The highest BCUT2D eigenvalue weighted by molar-refractivity contribution is 8.17. The summed E-state index contributed by atoms with van der Waals surface area (Å²) in [6.07, 6.45) is 4.45.